The van der Waals surface area contributed by atoms with Crippen molar-refractivity contribution in [3.05, 3.63) is 60.3 Å². The molecule has 0 aliphatic heterocycles. The fourth-order valence-electron chi connectivity index (χ4n) is 1.86. The van der Waals surface area contributed by atoms with Crippen LogP contribution in [0.2, 0.25) is 0 Å². The number of hydrogen-bond donors (Lipinski definition) is 0. The van der Waals surface area contributed by atoms with Gasteiger partial charge in [0.1, 0.15) is 17.7 Å². The molecule has 21 heavy (non-hydrogen) atoms. The minimum atomic E-state index is -0.301. The molecule has 2 aromatic heterocycles. The van der Waals surface area contributed by atoms with Crippen LogP contribution >= 0.6 is 0 Å². The molecule has 7 heteroatoms. The first-order chi connectivity index (χ1) is 10.3. The Bertz CT molecular complexity index is 770. The summed E-state index contributed by atoms with van der Waals surface area (Å²) >= 11 is 0. The van der Waals surface area contributed by atoms with E-state index in [-0.39, 0.29) is 11.5 Å². The highest BCUT2D eigenvalue weighted by molar-refractivity contribution is 6.06. The van der Waals surface area contributed by atoms with Gasteiger partial charge in [-0.3, -0.25) is 4.79 Å². The van der Waals surface area contributed by atoms with Gasteiger partial charge in [0, 0.05) is 6.07 Å². The van der Waals surface area contributed by atoms with Crippen molar-refractivity contribution in [2.75, 3.05) is 7.11 Å². The van der Waals surface area contributed by atoms with Crippen molar-refractivity contribution >= 4 is 5.78 Å². The number of benzene rings is 1. The Kier molecular flexibility index (Phi) is 3.38. The zero-order valence-corrected chi connectivity index (χ0v) is 11.2. The van der Waals surface area contributed by atoms with Gasteiger partial charge in [-0.05, 0) is 12.1 Å². The number of rotatable bonds is 4. The molecule has 3 aromatic rings. The fraction of sp³-hybridized carbons (Fsp3) is 0.0714. The topological polar surface area (TPSA) is 82.8 Å². The van der Waals surface area contributed by atoms with Gasteiger partial charge in [0.05, 0.1) is 19.0 Å². The number of ether oxygens (including phenoxy) is 1. The molecular weight excluding hydrogens is 270 g/mol. The summed E-state index contributed by atoms with van der Waals surface area (Å²) in [6.07, 6.45) is 2.69. The molecule has 0 aliphatic rings. The van der Waals surface area contributed by atoms with Crippen LogP contribution < -0.4 is 4.74 Å². The van der Waals surface area contributed by atoms with Crippen molar-refractivity contribution in [2.45, 2.75) is 0 Å². The molecule has 0 amide bonds. The predicted octanol–water partition coefficient (Wildman–Crippen LogP) is 1.30. The van der Waals surface area contributed by atoms with E-state index >= 15 is 0 Å². The van der Waals surface area contributed by atoms with Crippen molar-refractivity contribution in [3.63, 3.8) is 0 Å². The third-order valence-corrected chi connectivity index (χ3v) is 2.87. The Morgan fingerprint density at radius 1 is 1.19 bits per heavy atom. The van der Waals surface area contributed by atoms with Gasteiger partial charge in [0.15, 0.2) is 0 Å². The van der Waals surface area contributed by atoms with E-state index < -0.39 is 0 Å². The summed E-state index contributed by atoms with van der Waals surface area (Å²) in [6, 6.07) is 10.8. The Hall–Kier alpha value is -3.09. The number of carbonyl (C=O) groups is 1. The average molecular weight is 281 g/mol. The Labute approximate surface area is 120 Å². The van der Waals surface area contributed by atoms with Gasteiger partial charge in [0.25, 0.3) is 0 Å². The molecule has 0 fully saturated rings. The van der Waals surface area contributed by atoms with Crippen LogP contribution in [0.5, 0.6) is 5.88 Å². The summed E-state index contributed by atoms with van der Waals surface area (Å²) in [7, 11) is 1.48. The molecule has 0 atom stereocenters. The van der Waals surface area contributed by atoms with E-state index in [2.05, 4.69) is 20.3 Å². The minimum absolute atomic E-state index is 0.223. The average Bonchev–Trinajstić information content (AvgIpc) is 3.04. The van der Waals surface area contributed by atoms with Crippen LogP contribution in [0.3, 0.4) is 0 Å². The highest BCUT2D eigenvalue weighted by Gasteiger charge is 2.18. The van der Waals surface area contributed by atoms with Crippen molar-refractivity contribution < 1.29 is 9.53 Å². The van der Waals surface area contributed by atoms with Crippen molar-refractivity contribution in [1.29, 1.82) is 0 Å². The third kappa shape index (κ3) is 2.48. The quantitative estimate of drug-likeness (QED) is 0.670. The molecule has 0 aliphatic carbocycles. The number of ketones is 1. The second-order valence-corrected chi connectivity index (χ2v) is 4.14. The number of hydrogen-bond acceptors (Lipinski definition) is 6. The van der Waals surface area contributed by atoms with Crippen LogP contribution in [0.4, 0.5) is 0 Å². The first kappa shape index (κ1) is 12.9. The van der Waals surface area contributed by atoms with E-state index in [4.69, 9.17) is 4.74 Å². The maximum atomic E-state index is 12.5. The summed E-state index contributed by atoms with van der Waals surface area (Å²) in [6.45, 7) is 0. The second kappa shape index (κ2) is 5.49. The normalized spacial score (nSPS) is 10.3. The number of methoxy groups -OCH3 is 1. The number of carbonyl (C=O) groups excluding carboxylic acids is 1. The molecule has 0 spiro atoms. The minimum Gasteiger partial charge on any atom is -0.481 e. The molecule has 0 saturated carbocycles. The largest absolute Gasteiger partial charge is 0.481 e. The lowest BCUT2D eigenvalue weighted by Crippen LogP contribution is -2.11. The lowest BCUT2D eigenvalue weighted by molar-refractivity contribution is 0.102. The Balaban J connectivity index is 2.01. The molecule has 104 valence electrons. The van der Waals surface area contributed by atoms with E-state index in [1.54, 1.807) is 0 Å². The van der Waals surface area contributed by atoms with Gasteiger partial charge in [-0.25, -0.2) is 14.6 Å². The molecule has 1 aromatic carbocycles. The molecule has 0 saturated heterocycles. The standard InChI is InChI=1S/C14H11N5O2/c1-21-13-7-11(15-9-16-13)14(20)12-8-17-18-19(12)10-5-3-2-4-6-10/h2-9H,1H3. The van der Waals surface area contributed by atoms with E-state index in [0.717, 1.165) is 5.69 Å². The van der Waals surface area contributed by atoms with Crippen molar-refractivity contribution in [1.82, 2.24) is 25.0 Å². The summed E-state index contributed by atoms with van der Waals surface area (Å²) in [5, 5.41) is 7.75. The van der Waals surface area contributed by atoms with Crippen LogP contribution in [0.1, 0.15) is 16.2 Å². The highest BCUT2D eigenvalue weighted by Crippen LogP contribution is 2.14. The molecule has 2 heterocycles. The summed E-state index contributed by atoms with van der Waals surface area (Å²) in [4.78, 5) is 20.4. The van der Waals surface area contributed by atoms with Gasteiger partial charge in [-0.15, -0.1) is 5.10 Å². The van der Waals surface area contributed by atoms with Crippen LogP contribution in [0.25, 0.3) is 5.69 Å². The zero-order chi connectivity index (χ0) is 14.7. The van der Waals surface area contributed by atoms with E-state index in [0.29, 0.717) is 11.6 Å². The van der Waals surface area contributed by atoms with Crippen molar-refractivity contribution in [2.24, 2.45) is 0 Å². The maximum absolute atomic E-state index is 12.5. The summed E-state index contributed by atoms with van der Waals surface area (Å²) in [5.74, 6) is 0.0247. The first-order valence-electron chi connectivity index (χ1n) is 6.16. The number of nitrogens with zero attached hydrogens (tertiary/aromatic N) is 5. The SMILES string of the molecule is COc1cc(C(=O)c2cnnn2-c2ccccc2)ncn1. The van der Waals surface area contributed by atoms with E-state index in [9.17, 15) is 4.79 Å². The van der Waals surface area contributed by atoms with Crippen molar-refractivity contribution in [3.8, 4) is 11.6 Å². The summed E-state index contributed by atoms with van der Waals surface area (Å²) < 4.78 is 6.47. The van der Waals surface area contributed by atoms with Crippen LogP contribution in [-0.4, -0.2) is 37.9 Å². The van der Waals surface area contributed by atoms with E-state index in [1.807, 2.05) is 30.3 Å². The second-order valence-electron chi connectivity index (χ2n) is 4.14. The Morgan fingerprint density at radius 3 is 2.76 bits per heavy atom. The predicted molar refractivity (Wildman–Crippen MR) is 73.4 cm³/mol. The van der Waals surface area contributed by atoms with Gasteiger partial charge >= 0.3 is 0 Å². The molecule has 3 rings (SSSR count). The number of aromatic nitrogens is 5. The van der Waals surface area contributed by atoms with Gasteiger partial charge in [-0.1, -0.05) is 23.4 Å². The maximum Gasteiger partial charge on any atom is 0.231 e. The Morgan fingerprint density at radius 2 is 2.00 bits per heavy atom. The molecule has 0 bridgehead atoms. The van der Waals surface area contributed by atoms with Gasteiger partial charge < -0.3 is 4.74 Å². The van der Waals surface area contributed by atoms with Crippen LogP contribution in [-0.2, 0) is 0 Å². The van der Waals surface area contributed by atoms with Gasteiger partial charge in [-0.2, -0.15) is 0 Å². The van der Waals surface area contributed by atoms with Gasteiger partial charge in [0.2, 0.25) is 11.7 Å². The smallest absolute Gasteiger partial charge is 0.231 e. The molecule has 0 N–H and O–H groups in total. The fourth-order valence-corrected chi connectivity index (χ4v) is 1.86. The zero-order valence-electron chi connectivity index (χ0n) is 11.2. The number of para-hydroxylation sites is 1. The summed E-state index contributed by atoms with van der Waals surface area (Å²) in [5.41, 5.74) is 1.29. The monoisotopic (exact) mass is 281 g/mol. The van der Waals surface area contributed by atoms with Crippen LogP contribution in [0, 0.1) is 0 Å². The molecular formula is C14H11N5O2. The molecule has 7 nitrogen and oxygen atoms in total. The van der Waals surface area contributed by atoms with Crippen LogP contribution in [0.15, 0.2) is 48.9 Å². The molecule has 0 unspecified atom stereocenters. The molecule has 0 radical (unpaired) electrons. The lowest BCUT2D eigenvalue weighted by atomic mass is 10.2. The third-order valence-electron chi connectivity index (χ3n) is 2.87. The lowest BCUT2D eigenvalue weighted by Gasteiger charge is -2.05. The first-order valence-corrected chi connectivity index (χ1v) is 6.16. The van der Waals surface area contributed by atoms with E-state index in [1.165, 1.54) is 30.4 Å². The highest BCUT2D eigenvalue weighted by atomic mass is 16.5.